The number of carbonyl (C=O) groups is 4. The molecule has 1 aromatic heterocycles. The Morgan fingerprint density at radius 2 is 1.79 bits per heavy atom. The summed E-state index contributed by atoms with van der Waals surface area (Å²) < 4.78 is 5.17. The first-order valence-electron chi connectivity index (χ1n) is 8.82. The van der Waals surface area contributed by atoms with Crippen LogP contribution in [0.1, 0.15) is 47.1 Å². The lowest BCUT2D eigenvalue weighted by Crippen LogP contribution is -2.48. The molecule has 10 nitrogen and oxygen atoms in total. The number of rotatable bonds is 5. The van der Waals surface area contributed by atoms with E-state index in [1.54, 1.807) is 39.1 Å². The van der Waals surface area contributed by atoms with E-state index in [9.17, 15) is 19.2 Å². The largest absolute Gasteiger partial charge is 0.444 e. The van der Waals surface area contributed by atoms with Gasteiger partial charge in [-0.2, -0.15) is 5.10 Å². The van der Waals surface area contributed by atoms with Gasteiger partial charge in [-0.3, -0.25) is 14.7 Å². The molecule has 1 aliphatic rings. The maximum atomic E-state index is 12.7. The molecule has 0 bridgehead atoms. The van der Waals surface area contributed by atoms with Crippen LogP contribution in [-0.4, -0.2) is 50.8 Å². The number of hydrogen-bond donors (Lipinski definition) is 2. The fraction of sp³-hybridized carbons (Fsp3) is 0.316. The Morgan fingerprint density at radius 1 is 1.17 bits per heavy atom. The number of fused-ring (bicyclic) bond motifs is 1. The zero-order chi connectivity index (χ0) is 21.2. The zero-order valence-corrected chi connectivity index (χ0v) is 16.1. The molecule has 3 amide bonds. The fourth-order valence-corrected chi connectivity index (χ4v) is 2.67. The summed E-state index contributed by atoms with van der Waals surface area (Å²) >= 11 is 0. The van der Waals surface area contributed by atoms with E-state index in [2.05, 4.69) is 15.5 Å². The van der Waals surface area contributed by atoms with Gasteiger partial charge in [0.25, 0.3) is 11.8 Å². The van der Waals surface area contributed by atoms with E-state index in [1.165, 1.54) is 18.3 Å². The van der Waals surface area contributed by atoms with Crippen LogP contribution in [0, 0.1) is 0 Å². The van der Waals surface area contributed by atoms with Gasteiger partial charge in [-0.25, -0.2) is 9.59 Å². The van der Waals surface area contributed by atoms with Crippen molar-refractivity contribution in [1.29, 1.82) is 0 Å². The predicted octanol–water partition coefficient (Wildman–Crippen LogP) is 1.60. The molecule has 152 valence electrons. The number of nitrogens with one attached hydrogen (secondary N) is 2. The number of carbonyl (C=O) groups excluding carboxylic acids is 4. The van der Waals surface area contributed by atoms with Gasteiger partial charge >= 0.3 is 12.1 Å². The zero-order valence-electron chi connectivity index (χ0n) is 16.1. The first kappa shape index (κ1) is 20.1. The Morgan fingerprint density at radius 3 is 2.31 bits per heavy atom. The van der Waals surface area contributed by atoms with Crippen LogP contribution >= 0.6 is 0 Å². The average Bonchev–Trinajstić information content (AvgIpc) is 3.23. The van der Waals surface area contributed by atoms with E-state index in [1.807, 2.05) is 0 Å². The number of nitrogens with zero attached hydrogens (tertiary/aromatic N) is 2. The number of hydroxylamine groups is 2. The van der Waals surface area contributed by atoms with Crippen LogP contribution in [0.4, 0.5) is 4.79 Å². The summed E-state index contributed by atoms with van der Waals surface area (Å²) in [5.74, 6) is -2.50. The molecule has 1 unspecified atom stereocenters. The highest BCUT2D eigenvalue weighted by Crippen LogP contribution is 2.23. The molecule has 0 saturated heterocycles. The van der Waals surface area contributed by atoms with Gasteiger partial charge in [-0.1, -0.05) is 17.2 Å². The van der Waals surface area contributed by atoms with Gasteiger partial charge in [0.05, 0.1) is 17.3 Å². The normalized spacial score (nSPS) is 14.4. The van der Waals surface area contributed by atoms with E-state index in [0.29, 0.717) is 10.6 Å². The minimum absolute atomic E-state index is 0.0117. The Balaban J connectivity index is 1.75. The molecule has 1 aliphatic heterocycles. The molecule has 0 spiro atoms. The molecule has 0 saturated carbocycles. The molecule has 2 aromatic rings. The summed E-state index contributed by atoms with van der Waals surface area (Å²) in [5.41, 5.74) is 0.0930. The van der Waals surface area contributed by atoms with Gasteiger partial charge in [0.1, 0.15) is 11.6 Å². The lowest BCUT2D eigenvalue weighted by Gasteiger charge is -2.23. The van der Waals surface area contributed by atoms with Crippen molar-refractivity contribution in [1.82, 2.24) is 20.6 Å². The smallest absolute Gasteiger partial charge is 0.408 e. The van der Waals surface area contributed by atoms with E-state index >= 15 is 0 Å². The van der Waals surface area contributed by atoms with Crippen molar-refractivity contribution >= 4 is 23.9 Å². The second kappa shape index (κ2) is 7.74. The van der Waals surface area contributed by atoms with Gasteiger partial charge in [0, 0.05) is 12.6 Å². The quantitative estimate of drug-likeness (QED) is 0.729. The minimum atomic E-state index is -1.22. The molecule has 2 N–H and O–H groups in total. The Kier molecular flexibility index (Phi) is 5.35. The lowest BCUT2D eigenvalue weighted by atomic mass is 10.1. The highest BCUT2D eigenvalue weighted by molar-refractivity contribution is 6.20. The molecule has 3 rings (SSSR count). The Labute approximate surface area is 166 Å². The maximum absolute atomic E-state index is 12.7. The molecule has 0 fully saturated rings. The van der Waals surface area contributed by atoms with Gasteiger partial charge in [0.2, 0.25) is 0 Å². The Hall–Kier alpha value is -3.69. The van der Waals surface area contributed by atoms with Crippen LogP contribution in [0.25, 0.3) is 0 Å². The van der Waals surface area contributed by atoms with Crippen LogP contribution in [-0.2, 0) is 20.8 Å². The number of alkyl carbamates (subject to hydrolysis) is 1. The van der Waals surface area contributed by atoms with Crippen molar-refractivity contribution in [2.45, 2.75) is 38.8 Å². The third-order valence-corrected chi connectivity index (χ3v) is 3.91. The van der Waals surface area contributed by atoms with Crippen molar-refractivity contribution < 1.29 is 28.8 Å². The van der Waals surface area contributed by atoms with E-state index in [4.69, 9.17) is 9.57 Å². The topological polar surface area (TPSA) is 131 Å². The molecule has 2 heterocycles. The molecule has 29 heavy (non-hydrogen) atoms. The number of benzene rings is 1. The fourth-order valence-electron chi connectivity index (χ4n) is 2.67. The third-order valence-electron chi connectivity index (χ3n) is 3.91. The van der Waals surface area contributed by atoms with Crippen LogP contribution < -0.4 is 5.32 Å². The second-order valence-corrected chi connectivity index (χ2v) is 7.37. The van der Waals surface area contributed by atoms with Crippen molar-refractivity contribution in [2.24, 2.45) is 0 Å². The van der Waals surface area contributed by atoms with E-state index in [-0.39, 0.29) is 17.5 Å². The van der Waals surface area contributed by atoms with Crippen LogP contribution in [0.15, 0.2) is 36.7 Å². The molecule has 0 radical (unpaired) electrons. The molecule has 1 aromatic carbocycles. The Bertz CT molecular complexity index is 913. The van der Waals surface area contributed by atoms with Crippen molar-refractivity contribution in [3.8, 4) is 0 Å². The van der Waals surface area contributed by atoms with Gasteiger partial charge in [0.15, 0.2) is 0 Å². The number of hydrogen-bond acceptors (Lipinski definition) is 7. The van der Waals surface area contributed by atoms with Gasteiger partial charge in [-0.05, 0) is 38.5 Å². The summed E-state index contributed by atoms with van der Waals surface area (Å²) in [6.45, 7) is 5.03. The molecule has 0 aliphatic carbocycles. The molecular formula is C19H20N4O6. The summed E-state index contributed by atoms with van der Waals surface area (Å²) in [4.78, 5) is 54.7. The molecule has 1 atom stereocenters. The van der Waals surface area contributed by atoms with Crippen LogP contribution in [0.2, 0.25) is 0 Å². The number of aromatic amines is 1. The summed E-state index contributed by atoms with van der Waals surface area (Å²) in [6.07, 6.45) is 2.18. The highest BCUT2D eigenvalue weighted by Gasteiger charge is 2.40. The maximum Gasteiger partial charge on any atom is 0.408 e. The van der Waals surface area contributed by atoms with Crippen molar-refractivity contribution in [2.75, 3.05) is 0 Å². The SMILES string of the molecule is CC(C)(C)OC(=O)NC(Cc1cn[nH]c1)C(=O)ON1C(=O)c2ccccc2C1=O. The number of imide groups is 1. The number of ether oxygens (including phenoxy) is 1. The average molecular weight is 400 g/mol. The third kappa shape index (κ3) is 4.60. The van der Waals surface area contributed by atoms with E-state index in [0.717, 1.165) is 0 Å². The first-order valence-corrected chi connectivity index (χ1v) is 8.82. The number of aromatic nitrogens is 2. The minimum Gasteiger partial charge on any atom is -0.444 e. The van der Waals surface area contributed by atoms with Crippen molar-refractivity contribution in [3.63, 3.8) is 0 Å². The standard InChI is InChI=1S/C19H20N4O6/c1-19(2,3)28-18(27)22-14(8-11-9-20-21-10-11)17(26)29-23-15(24)12-6-4-5-7-13(12)16(23)25/h4-7,9-10,14H,8H2,1-3H3,(H,20,21)(H,22,27). The highest BCUT2D eigenvalue weighted by atomic mass is 16.7. The monoisotopic (exact) mass is 400 g/mol. The van der Waals surface area contributed by atoms with Gasteiger partial charge < -0.3 is 14.9 Å². The van der Waals surface area contributed by atoms with E-state index < -0.39 is 35.5 Å². The van der Waals surface area contributed by atoms with Crippen LogP contribution in [0.3, 0.4) is 0 Å². The lowest BCUT2D eigenvalue weighted by molar-refractivity contribution is -0.171. The second-order valence-electron chi connectivity index (χ2n) is 7.37. The number of amides is 3. The summed E-state index contributed by atoms with van der Waals surface area (Å²) in [7, 11) is 0. The predicted molar refractivity (Wildman–Crippen MR) is 98.5 cm³/mol. The van der Waals surface area contributed by atoms with Gasteiger partial charge in [-0.15, -0.1) is 0 Å². The number of H-pyrrole nitrogens is 1. The molecular weight excluding hydrogens is 380 g/mol. The first-order chi connectivity index (χ1) is 13.7. The van der Waals surface area contributed by atoms with Crippen LogP contribution in [0.5, 0.6) is 0 Å². The molecule has 10 heteroatoms. The summed E-state index contributed by atoms with van der Waals surface area (Å²) in [6, 6.07) is 4.91. The summed E-state index contributed by atoms with van der Waals surface area (Å²) in [5, 5.41) is 9.19. The van der Waals surface area contributed by atoms with Crippen molar-refractivity contribution in [3.05, 3.63) is 53.3 Å².